The lowest BCUT2D eigenvalue weighted by molar-refractivity contribution is 0.0953. The topological polar surface area (TPSA) is 32.3 Å². The second kappa shape index (κ2) is 5.61. The van der Waals surface area contributed by atoms with Crippen molar-refractivity contribution in [3.8, 4) is 0 Å². The van der Waals surface area contributed by atoms with Crippen molar-refractivity contribution in [1.29, 1.82) is 0 Å². The highest BCUT2D eigenvalue weighted by Crippen LogP contribution is 2.35. The van der Waals surface area contributed by atoms with Crippen LogP contribution in [0.5, 0.6) is 0 Å². The molecule has 0 aliphatic heterocycles. The summed E-state index contributed by atoms with van der Waals surface area (Å²) in [5, 5.41) is 2.97. The van der Waals surface area contributed by atoms with E-state index in [0.29, 0.717) is 18.0 Å². The van der Waals surface area contributed by atoms with Gasteiger partial charge in [-0.15, -0.1) is 11.6 Å². The number of amides is 1. The molecule has 1 unspecified atom stereocenters. The Labute approximate surface area is 113 Å². The quantitative estimate of drug-likeness (QED) is 0.831. The molecule has 0 heterocycles. The predicted octanol–water partition coefficient (Wildman–Crippen LogP) is 2.50. The molecule has 0 spiro atoms. The van der Waals surface area contributed by atoms with Gasteiger partial charge in [-0.3, -0.25) is 4.79 Å². The molecule has 0 saturated heterocycles. The lowest BCUT2D eigenvalue weighted by Gasteiger charge is -2.14. The molecule has 1 aromatic rings. The number of anilines is 1. The average molecular weight is 267 g/mol. The SMILES string of the molecule is CN(C)c1cccc(C(=O)NCC(Cl)C2CC2)c1. The molecule has 1 N–H and O–H groups in total. The van der Waals surface area contributed by atoms with Gasteiger partial charge in [0.15, 0.2) is 0 Å². The molecular formula is C14H19ClN2O. The lowest BCUT2D eigenvalue weighted by atomic mass is 10.1. The van der Waals surface area contributed by atoms with E-state index in [1.54, 1.807) is 0 Å². The Morgan fingerprint density at radius 2 is 2.22 bits per heavy atom. The summed E-state index contributed by atoms with van der Waals surface area (Å²) < 4.78 is 0. The van der Waals surface area contributed by atoms with E-state index >= 15 is 0 Å². The highest BCUT2D eigenvalue weighted by atomic mass is 35.5. The zero-order valence-electron chi connectivity index (χ0n) is 10.8. The van der Waals surface area contributed by atoms with Gasteiger partial charge in [-0.2, -0.15) is 0 Å². The third kappa shape index (κ3) is 3.39. The van der Waals surface area contributed by atoms with E-state index in [2.05, 4.69) is 5.32 Å². The largest absolute Gasteiger partial charge is 0.378 e. The molecule has 18 heavy (non-hydrogen) atoms. The lowest BCUT2D eigenvalue weighted by Crippen LogP contribution is -2.30. The maximum Gasteiger partial charge on any atom is 0.251 e. The maximum absolute atomic E-state index is 12.0. The third-order valence-electron chi connectivity index (χ3n) is 3.22. The van der Waals surface area contributed by atoms with E-state index in [4.69, 9.17) is 11.6 Å². The summed E-state index contributed by atoms with van der Waals surface area (Å²) in [5.41, 5.74) is 1.70. The van der Waals surface area contributed by atoms with Gasteiger partial charge < -0.3 is 10.2 Å². The average Bonchev–Trinajstić information content (AvgIpc) is 3.20. The Hall–Kier alpha value is -1.22. The fraction of sp³-hybridized carbons (Fsp3) is 0.500. The number of rotatable bonds is 5. The molecule has 1 saturated carbocycles. The van der Waals surface area contributed by atoms with Crippen molar-refractivity contribution >= 4 is 23.2 Å². The number of nitrogens with one attached hydrogen (secondary N) is 1. The summed E-state index contributed by atoms with van der Waals surface area (Å²) in [6, 6.07) is 7.58. The smallest absolute Gasteiger partial charge is 0.251 e. The van der Waals surface area contributed by atoms with E-state index in [1.165, 1.54) is 12.8 Å². The summed E-state index contributed by atoms with van der Waals surface area (Å²) in [7, 11) is 3.91. The first kappa shape index (κ1) is 13.2. The van der Waals surface area contributed by atoms with Crippen LogP contribution in [-0.4, -0.2) is 31.9 Å². The number of halogens is 1. The Bertz CT molecular complexity index is 430. The number of carbonyl (C=O) groups excluding carboxylic acids is 1. The Kier molecular flexibility index (Phi) is 4.12. The Balaban J connectivity index is 1.93. The van der Waals surface area contributed by atoms with Crippen molar-refractivity contribution in [1.82, 2.24) is 5.32 Å². The minimum atomic E-state index is -0.0509. The predicted molar refractivity (Wildman–Crippen MR) is 75.5 cm³/mol. The molecule has 3 nitrogen and oxygen atoms in total. The van der Waals surface area contributed by atoms with Crippen molar-refractivity contribution in [3.63, 3.8) is 0 Å². The van der Waals surface area contributed by atoms with Crippen LogP contribution in [0.2, 0.25) is 0 Å². The first-order valence-electron chi connectivity index (χ1n) is 6.27. The second-order valence-corrected chi connectivity index (χ2v) is 5.57. The number of carbonyl (C=O) groups is 1. The molecule has 1 atom stereocenters. The molecule has 1 amide bonds. The molecule has 4 heteroatoms. The molecule has 98 valence electrons. The minimum Gasteiger partial charge on any atom is -0.378 e. The van der Waals surface area contributed by atoms with Gasteiger partial charge in [0.2, 0.25) is 0 Å². The summed E-state index contributed by atoms with van der Waals surface area (Å²) in [4.78, 5) is 14.0. The summed E-state index contributed by atoms with van der Waals surface area (Å²) in [6.07, 6.45) is 2.39. The summed E-state index contributed by atoms with van der Waals surface area (Å²) in [6.45, 7) is 0.553. The Morgan fingerprint density at radius 3 is 2.83 bits per heavy atom. The van der Waals surface area contributed by atoms with Gasteiger partial charge in [0, 0.05) is 31.9 Å². The van der Waals surface area contributed by atoms with Crippen LogP contribution >= 0.6 is 11.6 Å². The minimum absolute atomic E-state index is 0.0509. The molecule has 1 aliphatic carbocycles. The van der Waals surface area contributed by atoms with Gasteiger partial charge in [-0.1, -0.05) is 6.07 Å². The number of hydrogen-bond acceptors (Lipinski definition) is 2. The fourth-order valence-electron chi connectivity index (χ4n) is 1.84. The van der Waals surface area contributed by atoms with Crippen molar-refractivity contribution in [3.05, 3.63) is 29.8 Å². The van der Waals surface area contributed by atoms with E-state index in [9.17, 15) is 4.79 Å². The number of hydrogen-bond donors (Lipinski definition) is 1. The molecular weight excluding hydrogens is 248 g/mol. The van der Waals surface area contributed by atoms with E-state index in [0.717, 1.165) is 5.69 Å². The molecule has 0 bridgehead atoms. The van der Waals surface area contributed by atoms with Gasteiger partial charge in [0.25, 0.3) is 5.91 Å². The zero-order chi connectivity index (χ0) is 13.1. The van der Waals surface area contributed by atoms with E-state index in [1.807, 2.05) is 43.3 Å². The van der Waals surface area contributed by atoms with Crippen LogP contribution in [-0.2, 0) is 0 Å². The molecule has 1 fully saturated rings. The van der Waals surface area contributed by atoms with Gasteiger partial charge in [0.1, 0.15) is 0 Å². The number of nitrogens with zero attached hydrogens (tertiary/aromatic N) is 1. The third-order valence-corrected chi connectivity index (χ3v) is 3.73. The maximum atomic E-state index is 12.0. The Morgan fingerprint density at radius 1 is 1.50 bits per heavy atom. The molecule has 1 aliphatic rings. The van der Waals surface area contributed by atoms with Gasteiger partial charge in [-0.05, 0) is 37.0 Å². The number of benzene rings is 1. The first-order chi connectivity index (χ1) is 8.58. The van der Waals surface area contributed by atoms with Crippen LogP contribution in [0.1, 0.15) is 23.2 Å². The van der Waals surface area contributed by atoms with Crippen LogP contribution in [0.25, 0.3) is 0 Å². The highest BCUT2D eigenvalue weighted by Gasteiger charge is 2.29. The van der Waals surface area contributed by atoms with Crippen molar-refractivity contribution < 1.29 is 4.79 Å². The normalized spacial score (nSPS) is 16.2. The highest BCUT2D eigenvalue weighted by molar-refractivity contribution is 6.21. The zero-order valence-corrected chi connectivity index (χ0v) is 11.6. The van der Waals surface area contributed by atoms with Crippen molar-refractivity contribution in [2.45, 2.75) is 18.2 Å². The van der Waals surface area contributed by atoms with E-state index in [-0.39, 0.29) is 11.3 Å². The van der Waals surface area contributed by atoms with E-state index < -0.39 is 0 Å². The second-order valence-electron chi connectivity index (χ2n) is 5.01. The van der Waals surface area contributed by atoms with Crippen LogP contribution < -0.4 is 10.2 Å². The summed E-state index contributed by atoms with van der Waals surface area (Å²) >= 11 is 6.17. The summed E-state index contributed by atoms with van der Waals surface area (Å²) in [5.74, 6) is 0.546. The van der Waals surface area contributed by atoms with Gasteiger partial charge in [-0.25, -0.2) is 0 Å². The van der Waals surface area contributed by atoms with Crippen LogP contribution in [0.4, 0.5) is 5.69 Å². The monoisotopic (exact) mass is 266 g/mol. The molecule has 2 rings (SSSR count). The van der Waals surface area contributed by atoms with Crippen molar-refractivity contribution in [2.24, 2.45) is 5.92 Å². The fourth-order valence-corrected chi connectivity index (χ4v) is 2.17. The van der Waals surface area contributed by atoms with Crippen LogP contribution in [0, 0.1) is 5.92 Å². The van der Waals surface area contributed by atoms with Gasteiger partial charge >= 0.3 is 0 Å². The molecule has 0 radical (unpaired) electrons. The van der Waals surface area contributed by atoms with Crippen LogP contribution in [0.3, 0.4) is 0 Å². The molecule has 0 aromatic heterocycles. The van der Waals surface area contributed by atoms with Gasteiger partial charge in [0.05, 0.1) is 5.38 Å². The first-order valence-corrected chi connectivity index (χ1v) is 6.71. The van der Waals surface area contributed by atoms with Crippen LogP contribution in [0.15, 0.2) is 24.3 Å². The van der Waals surface area contributed by atoms with Crippen molar-refractivity contribution in [2.75, 3.05) is 25.5 Å². The standard InChI is InChI=1S/C14H19ClN2O/c1-17(2)12-5-3-4-11(8-12)14(18)16-9-13(15)10-6-7-10/h3-5,8,10,13H,6-7,9H2,1-2H3,(H,16,18). The number of alkyl halides is 1. The molecule has 1 aromatic carbocycles.